The fraction of sp³-hybridized carbons (Fsp3) is 0.176. The van der Waals surface area contributed by atoms with Crippen LogP contribution < -0.4 is 5.32 Å². The van der Waals surface area contributed by atoms with Crippen LogP contribution in [0.2, 0.25) is 10.2 Å². The summed E-state index contributed by atoms with van der Waals surface area (Å²) in [5, 5.41) is 4.44. The van der Waals surface area contributed by atoms with E-state index in [1.54, 1.807) is 30.5 Å². The number of thioether (sulfide) groups is 1. The number of nitrogens with zero attached hydrogens (tertiary/aromatic N) is 1. The minimum atomic E-state index is -0.311. The van der Waals surface area contributed by atoms with Crippen molar-refractivity contribution in [2.45, 2.75) is 5.75 Å². The van der Waals surface area contributed by atoms with E-state index in [1.165, 1.54) is 17.8 Å². The Balaban J connectivity index is 1.49. The lowest BCUT2D eigenvalue weighted by Gasteiger charge is -2.06. The third kappa shape index (κ3) is 4.45. The van der Waals surface area contributed by atoms with Gasteiger partial charge in [0.25, 0.3) is 5.91 Å². The predicted octanol–water partition coefficient (Wildman–Crippen LogP) is 4.67. The minimum Gasteiger partial charge on any atom is -0.350 e. The van der Waals surface area contributed by atoms with E-state index in [0.717, 1.165) is 10.9 Å². The number of hydrogen-bond acceptors (Lipinski definition) is 3. The molecule has 0 radical (unpaired) electrons. The third-order valence-electron chi connectivity index (χ3n) is 3.56. The summed E-state index contributed by atoms with van der Waals surface area (Å²) >= 11 is 13.3. The molecule has 3 rings (SSSR count). The average molecular weight is 398 g/mol. The number of amides is 1. The van der Waals surface area contributed by atoms with Gasteiger partial charge in [-0.25, -0.2) is 9.37 Å². The van der Waals surface area contributed by atoms with Crippen LogP contribution in [0.1, 0.15) is 16.1 Å². The van der Waals surface area contributed by atoms with Gasteiger partial charge in [-0.1, -0.05) is 29.3 Å². The normalized spacial score (nSPS) is 11.0. The first-order chi connectivity index (χ1) is 12.0. The van der Waals surface area contributed by atoms with Crippen LogP contribution >= 0.6 is 35.0 Å². The zero-order valence-electron chi connectivity index (χ0n) is 13.0. The Morgan fingerprint density at radius 2 is 2.16 bits per heavy atom. The molecule has 0 fully saturated rings. The minimum absolute atomic E-state index is 0.211. The first kappa shape index (κ1) is 18.0. The quantitative estimate of drug-likeness (QED) is 0.469. The smallest absolute Gasteiger partial charge is 0.267 e. The standard InChI is InChI=1S/C17H14Cl2FN3OS/c18-12-2-1-3-13(20)11(12)9-25-5-4-21-17(24)14-6-10-7-16(19)22-8-15(10)23-14/h1-3,6-8,23H,4-5,9H2,(H,21,24). The molecule has 25 heavy (non-hydrogen) atoms. The van der Waals surface area contributed by atoms with Crippen molar-refractivity contribution in [2.75, 3.05) is 12.3 Å². The molecule has 2 aromatic heterocycles. The van der Waals surface area contributed by atoms with Crippen molar-refractivity contribution in [3.63, 3.8) is 0 Å². The Kier molecular flexibility index (Phi) is 5.83. The number of aromatic nitrogens is 2. The van der Waals surface area contributed by atoms with E-state index in [9.17, 15) is 9.18 Å². The van der Waals surface area contributed by atoms with Gasteiger partial charge in [0.1, 0.15) is 16.7 Å². The number of carbonyl (C=O) groups excluding carboxylic acids is 1. The highest BCUT2D eigenvalue weighted by atomic mass is 35.5. The van der Waals surface area contributed by atoms with Crippen molar-refractivity contribution in [3.05, 3.63) is 63.8 Å². The monoisotopic (exact) mass is 397 g/mol. The van der Waals surface area contributed by atoms with Crippen LogP contribution in [0.15, 0.2) is 36.5 Å². The number of rotatable bonds is 6. The molecule has 2 heterocycles. The summed E-state index contributed by atoms with van der Waals surface area (Å²) < 4.78 is 13.7. The second-order valence-electron chi connectivity index (χ2n) is 5.29. The van der Waals surface area contributed by atoms with Crippen LogP contribution in [0.25, 0.3) is 10.9 Å². The molecule has 2 N–H and O–H groups in total. The van der Waals surface area contributed by atoms with E-state index in [4.69, 9.17) is 23.2 Å². The number of nitrogens with one attached hydrogen (secondary N) is 2. The maximum absolute atomic E-state index is 13.7. The number of carbonyl (C=O) groups is 1. The summed E-state index contributed by atoms with van der Waals surface area (Å²) in [5.74, 6) is 0.577. The maximum Gasteiger partial charge on any atom is 0.267 e. The predicted molar refractivity (Wildman–Crippen MR) is 101 cm³/mol. The van der Waals surface area contributed by atoms with Gasteiger partial charge in [-0.3, -0.25) is 4.79 Å². The third-order valence-corrected chi connectivity index (χ3v) is 5.10. The molecular formula is C17H14Cl2FN3OS. The zero-order valence-corrected chi connectivity index (χ0v) is 15.3. The van der Waals surface area contributed by atoms with Crippen LogP contribution in [0.3, 0.4) is 0 Å². The van der Waals surface area contributed by atoms with Crippen molar-refractivity contribution in [1.29, 1.82) is 0 Å². The summed E-state index contributed by atoms with van der Waals surface area (Å²) in [4.78, 5) is 19.1. The highest BCUT2D eigenvalue weighted by molar-refractivity contribution is 7.98. The second-order valence-corrected chi connectivity index (χ2v) is 7.19. The molecular weight excluding hydrogens is 384 g/mol. The lowest BCUT2D eigenvalue weighted by molar-refractivity contribution is 0.0952. The molecule has 1 aromatic carbocycles. The van der Waals surface area contributed by atoms with Gasteiger partial charge in [0, 0.05) is 34.0 Å². The Bertz CT molecular complexity index is 896. The van der Waals surface area contributed by atoms with E-state index in [-0.39, 0.29) is 11.7 Å². The van der Waals surface area contributed by atoms with Gasteiger partial charge in [-0.15, -0.1) is 0 Å². The van der Waals surface area contributed by atoms with Crippen LogP contribution in [-0.4, -0.2) is 28.2 Å². The van der Waals surface area contributed by atoms with Gasteiger partial charge in [0.05, 0.1) is 11.7 Å². The van der Waals surface area contributed by atoms with Gasteiger partial charge < -0.3 is 10.3 Å². The molecule has 0 atom stereocenters. The Morgan fingerprint density at radius 3 is 2.96 bits per heavy atom. The Labute approximate surface area is 158 Å². The lowest BCUT2D eigenvalue weighted by Crippen LogP contribution is -2.26. The first-order valence-electron chi connectivity index (χ1n) is 7.47. The fourth-order valence-electron chi connectivity index (χ4n) is 2.30. The summed E-state index contributed by atoms with van der Waals surface area (Å²) in [6.07, 6.45) is 1.59. The Morgan fingerprint density at radius 1 is 1.32 bits per heavy atom. The molecule has 0 bridgehead atoms. The van der Waals surface area contributed by atoms with Crippen LogP contribution in [0.4, 0.5) is 4.39 Å². The summed E-state index contributed by atoms with van der Waals surface area (Å²) in [6.45, 7) is 0.462. The van der Waals surface area contributed by atoms with Crippen LogP contribution in [0.5, 0.6) is 0 Å². The highest BCUT2D eigenvalue weighted by Crippen LogP contribution is 2.23. The van der Waals surface area contributed by atoms with Gasteiger partial charge >= 0.3 is 0 Å². The van der Waals surface area contributed by atoms with Gasteiger partial charge in [-0.05, 0) is 24.3 Å². The summed E-state index contributed by atoms with van der Waals surface area (Å²) in [7, 11) is 0. The van der Waals surface area contributed by atoms with Crippen molar-refractivity contribution >= 4 is 51.8 Å². The van der Waals surface area contributed by atoms with Gasteiger partial charge in [0.2, 0.25) is 0 Å². The Hall–Kier alpha value is -1.76. The molecule has 0 saturated heterocycles. The van der Waals surface area contributed by atoms with Crippen molar-refractivity contribution in [2.24, 2.45) is 0 Å². The molecule has 3 aromatic rings. The molecule has 8 heteroatoms. The summed E-state index contributed by atoms with van der Waals surface area (Å²) in [5.41, 5.74) is 1.68. The van der Waals surface area contributed by atoms with Crippen LogP contribution in [0, 0.1) is 5.82 Å². The number of fused-ring (bicyclic) bond motifs is 1. The van der Waals surface area contributed by atoms with E-state index in [1.807, 2.05) is 0 Å². The highest BCUT2D eigenvalue weighted by Gasteiger charge is 2.10. The number of halogens is 3. The second kappa shape index (κ2) is 8.08. The number of benzene rings is 1. The topological polar surface area (TPSA) is 57.8 Å². The molecule has 0 aliphatic rings. The maximum atomic E-state index is 13.7. The number of hydrogen-bond donors (Lipinski definition) is 2. The summed E-state index contributed by atoms with van der Waals surface area (Å²) in [6, 6.07) is 8.05. The number of H-pyrrole nitrogens is 1. The van der Waals surface area contributed by atoms with Crippen LogP contribution in [-0.2, 0) is 5.75 Å². The van der Waals surface area contributed by atoms with E-state index < -0.39 is 0 Å². The van der Waals surface area contributed by atoms with E-state index in [2.05, 4.69) is 15.3 Å². The van der Waals surface area contributed by atoms with Gasteiger partial charge in [-0.2, -0.15) is 11.8 Å². The zero-order chi connectivity index (χ0) is 17.8. The number of aromatic amines is 1. The van der Waals surface area contributed by atoms with Gasteiger partial charge in [0.15, 0.2) is 0 Å². The molecule has 0 unspecified atom stereocenters. The first-order valence-corrected chi connectivity index (χ1v) is 9.39. The fourth-order valence-corrected chi connectivity index (χ4v) is 3.67. The molecule has 1 amide bonds. The molecule has 4 nitrogen and oxygen atoms in total. The largest absolute Gasteiger partial charge is 0.350 e. The molecule has 130 valence electrons. The molecule has 0 saturated carbocycles. The van der Waals surface area contributed by atoms with E-state index in [0.29, 0.717) is 39.5 Å². The SMILES string of the molecule is O=C(NCCSCc1c(F)cccc1Cl)c1cc2cc(Cl)ncc2[nH]1. The van der Waals surface area contributed by atoms with Crippen molar-refractivity contribution in [1.82, 2.24) is 15.3 Å². The molecule has 0 spiro atoms. The van der Waals surface area contributed by atoms with Crippen molar-refractivity contribution in [3.8, 4) is 0 Å². The van der Waals surface area contributed by atoms with E-state index >= 15 is 0 Å². The molecule has 0 aliphatic heterocycles. The van der Waals surface area contributed by atoms with Crippen molar-refractivity contribution < 1.29 is 9.18 Å². The lowest BCUT2D eigenvalue weighted by atomic mass is 10.2. The number of pyridine rings is 1. The average Bonchev–Trinajstić information content (AvgIpc) is 3.00. The molecule has 0 aliphatic carbocycles.